The summed E-state index contributed by atoms with van der Waals surface area (Å²) in [5, 5.41) is 3.23. The second kappa shape index (κ2) is 9.17. The fourth-order valence-corrected chi connectivity index (χ4v) is 4.82. The minimum absolute atomic E-state index is 0.0494. The molecule has 1 aliphatic rings. The summed E-state index contributed by atoms with van der Waals surface area (Å²) in [5.41, 5.74) is 5.67. The predicted octanol–water partition coefficient (Wildman–Crippen LogP) is 4.66. The number of piperazine rings is 1. The first-order valence-corrected chi connectivity index (χ1v) is 12.3. The maximum atomic E-state index is 13.2. The van der Waals surface area contributed by atoms with Crippen LogP contribution < -0.4 is 4.90 Å². The molecule has 6 rings (SSSR count). The van der Waals surface area contributed by atoms with Crippen molar-refractivity contribution in [2.24, 2.45) is 0 Å². The number of Topliss-reactive ketones (excluding diaryl/α,β-unsaturated/α-hetero) is 1. The highest BCUT2D eigenvalue weighted by Gasteiger charge is 2.17. The average molecular weight is 477 g/mol. The number of nitrogens with zero attached hydrogens (tertiary/aromatic N) is 5. The Kier molecular flexibility index (Phi) is 5.70. The highest BCUT2D eigenvalue weighted by molar-refractivity contribution is 5.98. The van der Waals surface area contributed by atoms with Crippen molar-refractivity contribution in [1.82, 2.24) is 24.8 Å². The summed E-state index contributed by atoms with van der Waals surface area (Å²) in [6.07, 6.45) is 7.71. The number of aromatic amines is 1. The molecule has 1 aromatic carbocycles. The Bertz CT molecular complexity index is 1580. The zero-order valence-electron chi connectivity index (χ0n) is 20.5. The second-order valence-corrected chi connectivity index (χ2v) is 9.62. The number of hydrogen-bond donors (Lipinski definition) is 1. The maximum Gasteiger partial charge on any atom is 0.169 e. The molecule has 0 aliphatic carbocycles. The standard InChI is InChI=1S/C29H28N6O/c1-19-16-32-29-26(19)13-24(18-33-29)20-3-4-22-17-31-25(12-23(22)11-20)15-27(36)21-5-6-30-28(14-21)35-9-7-34(2)8-10-35/h3-6,11-14,16-18H,7-10,15H2,1-2H3,(H,32,33). The number of aromatic nitrogens is 4. The van der Waals surface area contributed by atoms with Crippen LogP contribution in [0.5, 0.6) is 0 Å². The molecule has 0 radical (unpaired) electrons. The number of anilines is 1. The molecule has 1 N–H and O–H groups in total. The van der Waals surface area contributed by atoms with Crippen LogP contribution in [0.2, 0.25) is 0 Å². The first kappa shape index (κ1) is 22.4. The molecule has 7 nitrogen and oxygen atoms in total. The molecule has 180 valence electrons. The number of fused-ring (bicyclic) bond motifs is 2. The number of carbonyl (C=O) groups excluding carboxylic acids is 1. The van der Waals surface area contributed by atoms with Gasteiger partial charge in [-0.15, -0.1) is 0 Å². The first-order valence-electron chi connectivity index (χ1n) is 12.3. The Morgan fingerprint density at radius 1 is 0.917 bits per heavy atom. The number of aryl methyl sites for hydroxylation is 1. The molecule has 0 unspecified atom stereocenters. The number of likely N-dealkylation sites (N-methyl/N-ethyl adjacent to an activating group) is 1. The van der Waals surface area contributed by atoms with E-state index in [9.17, 15) is 4.79 Å². The van der Waals surface area contributed by atoms with Gasteiger partial charge in [0.2, 0.25) is 0 Å². The van der Waals surface area contributed by atoms with Gasteiger partial charge in [0.25, 0.3) is 0 Å². The van der Waals surface area contributed by atoms with Crippen LogP contribution in [-0.2, 0) is 6.42 Å². The summed E-state index contributed by atoms with van der Waals surface area (Å²) in [5.74, 6) is 0.918. The number of benzene rings is 1. The smallest absolute Gasteiger partial charge is 0.169 e. The number of hydrogen-bond acceptors (Lipinski definition) is 6. The summed E-state index contributed by atoms with van der Waals surface area (Å²) in [4.78, 5) is 34.6. The van der Waals surface area contributed by atoms with Crippen molar-refractivity contribution >= 4 is 33.4 Å². The van der Waals surface area contributed by atoms with Crippen LogP contribution in [0.15, 0.2) is 67.3 Å². The van der Waals surface area contributed by atoms with Crippen molar-refractivity contribution in [2.75, 3.05) is 38.1 Å². The van der Waals surface area contributed by atoms with Crippen LogP contribution in [0.4, 0.5) is 5.82 Å². The van der Waals surface area contributed by atoms with E-state index in [4.69, 9.17) is 0 Å². The van der Waals surface area contributed by atoms with Crippen LogP contribution in [0, 0.1) is 6.92 Å². The third-order valence-corrected chi connectivity index (χ3v) is 7.09. The lowest BCUT2D eigenvalue weighted by atomic mass is 10.0. The molecular formula is C29H28N6O. The zero-order valence-corrected chi connectivity index (χ0v) is 20.5. The fraction of sp³-hybridized carbons (Fsp3) is 0.241. The topological polar surface area (TPSA) is 78.0 Å². The normalized spacial score (nSPS) is 14.6. The Morgan fingerprint density at radius 3 is 2.64 bits per heavy atom. The predicted molar refractivity (Wildman–Crippen MR) is 144 cm³/mol. The maximum absolute atomic E-state index is 13.2. The third kappa shape index (κ3) is 4.33. The van der Waals surface area contributed by atoms with Crippen LogP contribution in [0.1, 0.15) is 21.6 Å². The van der Waals surface area contributed by atoms with Crippen molar-refractivity contribution in [3.63, 3.8) is 0 Å². The highest BCUT2D eigenvalue weighted by atomic mass is 16.1. The van der Waals surface area contributed by atoms with Crippen molar-refractivity contribution < 1.29 is 4.79 Å². The number of rotatable bonds is 5. The Hall–Kier alpha value is -4.10. The molecule has 0 bridgehead atoms. The SMILES string of the molecule is Cc1c[nH]c2ncc(-c3ccc4cnc(CC(=O)c5ccnc(N6CCN(C)CC6)c5)cc4c3)cc12. The molecular weight excluding hydrogens is 448 g/mol. The van der Waals surface area contributed by atoms with Crippen LogP contribution in [-0.4, -0.2) is 63.8 Å². The van der Waals surface area contributed by atoms with Gasteiger partial charge < -0.3 is 14.8 Å². The lowest BCUT2D eigenvalue weighted by molar-refractivity contribution is 0.0992. The molecule has 7 heteroatoms. The molecule has 1 saturated heterocycles. The number of H-pyrrole nitrogens is 1. The van der Waals surface area contributed by atoms with Gasteiger partial charge >= 0.3 is 0 Å². The van der Waals surface area contributed by atoms with Gasteiger partial charge in [-0.05, 0) is 60.8 Å². The molecule has 0 saturated carbocycles. The van der Waals surface area contributed by atoms with E-state index in [-0.39, 0.29) is 12.2 Å². The minimum Gasteiger partial charge on any atom is -0.354 e. The van der Waals surface area contributed by atoms with Gasteiger partial charge in [-0.3, -0.25) is 9.78 Å². The van der Waals surface area contributed by atoms with E-state index in [1.54, 1.807) is 12.3 Å². The molecule has 5 aromatic rings. The van der Waals surface area contributed by atoms with Crippen molar-refractivity contribution in [3.05, 3.63) is 84.1 Å². The quantitative estimate of drug-likeness (QED) is 0.372. The number of pyridine rings is 3. The second-order valence-electron chi connectivity index (χ2n) is 9.62. The van der Waals surface area contributed by atoms with E-state index in [1.807, 2.05) is 30.7 Å². The molecule has 0 atom stereocenters. The largest absolute Gasteiger partial charge is 0.354 e. The lowest BCUT2D eigenvalue weighted by Crippen LogP contribution is -2.44. The minimum atomic E-state index is 0.0494. The van der Waals surface area contributed by atoms with Crippen LogP contribution in [0.3, 0.4) is 0 Å². The zero-order chi connectivity index (χ0) is 24.6. The highest BCUT2D eigenvalue weighted by Crippen LogP contribution is 2.28. The number of carbonyl (C=O) groups is 1. The van der Waals surface area contributed by atoms with Gasteiger partial charge in [0.15, 0.2) is 5.78 Å². The Morgan fingerprint density at radius 2 is 1.78 bits per heavy atom. The van der Waals surface area contributed by atoms with Gasteiger partial charge in [0.1, 0.15) is 11.5 Å². The van der Waals surface area contributed by atoms with Gasteiger partial charge in [0.05, 0.1) is 6.42 Å². The summed E-state index contributed by atoms with van der Waals surface area (Å²) in [6, 6.07) is 14.2. The molecule has 0 amide bonds. The monoisotopic (exact) mass is 476 g/mol. The lowest BCUT2D eigenvalue weighted by Gasteiger charge is -2.33. The Balaban J connectivity index is 1.24. The third-order valence-electron chi connectivity index (χ3n) is 7.09. The van der Waals surface area contributed by atoms with Crippen molar-refractivity contribution in [1.29, 1.82) is 0 Å². The molecule has 5 heterocycles. The molecule has 36 heavy (non-hydrogen) atoms. The van der Waals surface area contributed by atoms with Crippen molar-refractivity contribution in [3.8, 4) is 11.1 Å². The average Bonchev–Trinajstić information content (AvgIpc) is 3.28. The van der Waals surface area contributed by atoms with E-state index in [1.165, 1.54) is 5.56 Å². The molecule has 1 aliphatic heterocycles. The van der Waals surface area contributed by atoms with E-state index in [0.29, 0.717) is 5.56 Å². The molecule has 0 spiro atoms. The van der Waals surface area contributed by atoms with E-state index >= 15 is 0 Å². The summed E-state index contributed by atoms with van der Waals surface area (Å²) in [7, 11) is 2.13. The van der Waals surface area contributed by atoms with Gasteiger partial charge in [-0.1, -0.05) is 12.1 Å². The summed E-state index contributed by atoms with van der Waals surface area (Å²) >= 11 is 0. The van der Waals surface area contributed by atoms with E-state index < -0.39 is 0 Å². The summed E-state index contributed by atoms with van der Waals surface area (Å²) in [6.45, 7) is 5.91. The van der Waals surface area contributed by atoms with Crippen LogP contribution >= 0.6 is 0 Å². The van der Waals surface area contributed by atoms with Gasteiger partial charge in [-0.25, -0.2) is 9.97 Å². The van der Waals surface area contributed by atoms with Crippen molar-refractivity contribution in [2.45, 2.75) is 13.3 Å². The first-order chi connectivity index (χ1) is 17.5. The van der Waals surface area contributed by atoms with E-state index in [0.717, 1.165) is 70.6 Å². The van der Waals surface area contributed by atoms with Gasteiger partial charge in [0, 0.05) is 78.6 Å². The van der Waals surface area contributed by atoms with Gasteiger partial charge in [-0.2, -0.15) is 0 Å². The number of nitrogens with one attached hydrogen (secondary N) is 1. The van der Waals surface area contributed by atoms with E-state index in [2.05, 4.69) is 68.0 Å². The van der Waals surface area contributed by atoms with Crippen LogP contribution in [0.25, 0.3) is 32.9 Å². The Labute approximate surface area is 209 Å². The molecule has 1 fully saturated rings. The molecule has 4 aromatic heterocycles. The fourth-order valence-electron chi connectivity index (χ4n) is 4.82. The summed E-state index contributed by atoms with van der Waals surface area (Å²) < 4.78 is 0. The number of ketones is 1.